The molecule has 0 spiro atoms. The number of hydrogen-bond acceptors (Lipinski definition) is 4. The van der Waals surface area contributed by atoms with Crippen molar-refractivity contribution in [1.29, 1.82) is 0 Å². The van der Waals surface area contributed by atoms with Crippen molar-refractivity contribution in [3.05, 3.63) is 45.9 Å². The Labute approximate surface area is 179 Å². The van der Waals surface area contributed by atoms with Gasteiger partial charge in [-0.05, 0) is 31.4 Å². The molecule has 1 saturated heterocycles. The minimum absolute atomic E-state index is 0. The molecule has 2 aromatic rings. The van der Waals surface area contributed by atoms with E-state index >= 15 is 0 Å². The predicted octanol–water partition coefficient (Wildman–Crippen LogP) is 3.54. The molecule has 0 amide bonds. The monoisotopic (exact) mass is 507 g/mol. The minimum atomic E-state index is -0.809. The summed E-state index contributed by atoms with van der Waals surface area (Å²) in [5.41, 5.74) is 0.730. The van der Waals surface area contributed by atoms with Gasteiger partial charge in [-0.1, -0.05) is 0 Å². The second kappa shape index (κ2) is 10.2. The third kappa shape index (κ3) is 6.00. The molecule has 9 heteroatoms. The van der Waals surface area contributed by atoms with E-state index in [1.54, 1.807) is 24.5 Å². The first-order chi connectivity index (χ1) is 12.5. The molecule has 0 saturated carbocycles. The van der Waals surface area contributed by atoms with Gasteiger partial charge in [-0.3, -0.25) is 4.99 Å². The van der Waals surface area contributed by atoms with Crippen LogP contribution in [0.5, 0.6) is 0 Å². The number of rotatable bonds is 5. The molecule has 0 bridgehead atoms. The molecule has 1 fully saturated rings. The Bertz CT molecular complexity index is 783. The van der Waals surface area contributed by atoms with Gasteiger partial charge in [0.1, 0.15) is 5.01 Å². The molecule has 1 aromatic carbocycles. The van der Waals surface area contributed by atoms with Gasteiger partial charge in [0.25, 0.3) is 0 Å². The summed E-state index contributed by atoms with van der Waals surface area (Å²) in [6, 6.07) is 4.08. The summed E-state index contributed by atoms with van der Waals surface area (Å²) < 4.78 is 26.5. The number of guanidine groups is 1. The van der Waals surface area contributed by atoms with Crippen LogP contribution in [0.15, 0.2) is 29.4 Å². The van der Waals surface area contributed by atoms with E-state index in [0.717, 1.165) is 42.7 Å². The molecule has 2 N–H and O–H groups in total. The average molecular weight is 507 g/mol. The van der Waals surface area contributed by atoms with Gasteiger partial charge in [0, 0.05) is 49.5 Å². The Balaban J connectivity index is 0.00000261. The average Bonchev–Trinajstić information content (AvgIpc) is 3.26. The number of nitrogens with zero attached hydrogens (tertiary/aromatic N) is 3. The van der Waals surface area contributed by atoms with Gasteiger partial charge in [0.05, 0.1) is 6.54 Å². The number of hydrogen-bond donors (Lipinski definition) is 2. The number of aliphatic imine (C=N–C) groups is 1. The molecule has 0 radical (unpaired) electrons. The highest BCUT2D eigenvalue weighted by Gasteiger charge is 2.23. The third-order valence-electron chi connectivity index (χ3n) is 4.41. The van der Waals surface area contributed by atoms with Crippen LogP contribution in [0.4, 0.5) is 14.5 Å². The molecule has 27 heavy (non-hydrogen) atoms. The second-order valence-corrected chi connectivity index (χ2v) is 7.69. The van der Waals surface area contributed by atoms with Gasteiger partial charge in [0.2, 0.25) is 0 Å². The van der Waals surface area contributed by atoms with E-state index in [-0.39, 0.29) is 24.0 Å². The fraction of sp³-hybridized carbons (Fsp3) is 0.444. The Hall–Kier alpha value is -1.49. The summed E-state index contributed by atoms with van der Waals surface area (Å²) in [4.78, 5) is 11.8. The summed E-state index contributed by atoms with van der Waals surface area (Å²) in [7, 11) is 1.74. The molecule has 0 aliphatic carbocycles. The summed E-state index contributed by atoms with van der Waals surface area (Å²) in [5, 5.41) is 7.62. The van der Waals surface area contributed by atoms with Crippen LogP contribution in [0.2, 0.25) is 0 Å². The van der Waals surface area contributed by atoms with Gasteiger partial charge < -0.3 is 15.5 Å². The van der Waals surface area contributed by atoms with Crippen LogP contribution in [-0.2, 0) is 6.54 Å². The zero-order chi connectivity index (χ0) is 18.5. The number of halogens is 3. The molecular weight excluding hydrogens is 483 g/mol. The van der Waals surface area contributed by atoms with E-state index < -0.39 is 11.6 Å². The fourth-order valence-corrected chi connectivity index (χ4v) is 3.75. The molecule has 148 valence electrons. The van der Waals surface area contributed by atoms with Gasteiger partial charge in [-0.25, -0.2) is 13.8 Å². The lowest BCUT2D eigenvalue weighted by molar-refractivity contribution is 0.508. The second-order valence-electron chi connectivity index (χ2n) is 6.37. The van der Waals surface area contributed by atoms with Crippen LogP contribution in [0.25, 0.3) is 0 Å². The molecule has 1 aliphatic heterocycles. The van der Waals surface area contributed by atoms with Crippen LogP contribution in [0, 0.1) is 24.5 Å². The SMILES string of the molecule is CN=C(NCc1ncc(C)s1)NCC1CCN(c2ccc(F)c(F)c2)C1.I. The Morgan fingerprint density at radius 2 is 2.15 bits per heavy atom. The standard InChI is InChI=1S/C18H23F2N5S.HI/c1-12-8-22-17(26-12)10-24-18(21-2)23-9-13-5-6-25(11-13)14-3-4-15(19)16(20)7-14;/h3-4,7-8,13H,5-6,9-11H2,1-2H3,(H2,21,23,24);1H. The predicted molar refractivity (Wildman–Crippen MR) is 117 cm³/mol. The van der Waals surface area contributed by atoms with Crippen LogP contribution >= 0.6 is 35.3 Å². The Kier molecular flexibility index (Phi) is 8.21. The first-order valence-corrected chi connectivity index (χ1v) is 9.42. The van der Waals surface area contributed by atoms with E-state index in [4.69, 9.17) is 0 Å². The maximum Gasteiger partial charge on any atom is 0.191 e. The van der Waals surface area contributed by atoms with Crippen molar-refractivity contribution < 1.29 is 8.78 Å². The lowest BCUT2D eigenvalue weighted by Crippen LogP contribution is -2.39. The summed E-state index contributed by atoms with van der Waals surface area (Å²) in [5.74, 6) is -0.449. The van der Waals surface area contributed by atoms with Crippen LogP contribution in [0.1, 0.15) is 16.3 Å². The molecule has 1 aromatic heterocycles. The van der Waals surface area contributed by atoms with E-state index in [1.807, 2.05) is 13.1 Å². The maximum absolute atomic E-state index is 13.4. The van der Waals surface area contributed by atoms with E-state index in [2.05, 4.69) is 25.5 Å². The van der Waals surface area contributed by atoms with Crippen LogP contribution in [-0.4, -0.2) is 37.6 Å². The lowest BCUT2D eigenvalue weighted by Gasteiger charge is -2.19. The van der Waals surface area contributed by atoms with Crippen LogP contribution in [0.3, 0.4) is 0 Å². The fourth-order valence-electron chi connectivity index (χ4n) is 3.02. The van der Waals surface area contributed by atoms with Gasteiger partial charge in [0.15, 0.2) is 17.6 Å². The van der Waals surface area contributed by atoms with Crippen molar-refractivity contribution in [3.63, 3.8) is 0 Å². The highest BCUT2D eigenvalue weighted by Crippen LogP contribution is 2.25. The highest BCUT2D eigenvalue weighted by atomic mass is 127. The number of anilines is 1. The van der Waals surface area contributed by atoms with Crippen molar-refractivity contribution in [2.75, 3.05) is 31.6 Å². The molecule has 3 rings (SSSR count). The molecule has 1 unspecified atom stereocenters. The maximum atomic E-state index is 13.4. The highest BCUT2D eigenvalue weighted by molar-refractivity contribution is 14.0. The van der Waals surface area contributed by atoms with Crippen molar-refractivity contribution in [2.45, 2.75) is 19.9 Å². The number of aryl methyl sites for hydroxylation is 1. The Morgan fingerprint density at radius 1 is 1.33 bits per heavy atom. The first kappa shape index (κ1) is 21.8. The van der Waals surface area contributed by atoms with Crippen LogP contribution < -0.4 is 15.5 Å². The molecule has 5 nitrogen and oxygen atoms in total. The topological polar surface area (TPSA) is 52.6 Å². The summed E-state index contributed by atoms with van der Waals surface area (Å²) in [6.45, 7) is 5.09. The number of nitrogens with one attached hydrogen (secondary N) is 2. The van der Waals surface area contributed by atoms with Crippen molar-refractivity contribution >= 4 is 47.0 Å². The summed E-state index contributed by atoms with van der Waals surface area (Å²) in [6.07, 6.45) is 2.86. The number of thiazole rings is 1. The third-order valence-corrected chi connectivity index (χ3v) is 5.32. The zero-order valence-electron chi connectivity index (χ0n) is 15.3. The largest absolute Gasteiger partial charge is 0.371 e. The van der Waals surface area contributed by atoms with Crippen molar-refractivity contribution in [3.8, 4) is 0 Å². The van der Waals surface area contributed by atoms with Crippen molar-refractivity contribution in [1.82, 2.24) is 15.6 Å². The van der Waals surface area contributed by atoms with E-state index in [0.29, 0.717) is 12.5 Å². The van der Waals surface area contributed by atoms with Gasteiger partial charge in [-0.2, -0.15) is 0 Å². The minimum Gasteiger partial charge on any atom is -0.371 e. The number of benzene rings is 1. The smallest absolute Gasteiger partial charge is 0.191 e. The van der Waals surface area contributed by atoms with Gasteiger partial charge >= 0.3 is 0 Å². The van der Waals surface area contributed by atoms with E-state index in [1.165, 1.54) is 17.0 Å². The summed E-state index contributed by atoms with van der Waals surface area (Å²) >= 11 is 1.66. The Morgan fingerprint density at radius 3 is 2.81 bits per heavy atom. The molecule has 2 heterocycles. The lowest BCUT2D eigenvalue weighted by atomic mass is 10.1. The first-order valence-electron chi connectivity index (χ1n) is 8.61. The molecular formula is C18H24F2IN5S. The normalized spacial score (nSPS) is 17.0. The zero-order valence-corrected chi connectivity index (χ0v) is 18.5. The van der Waals surface area contributed by atoms with E-state index in [9.17, 15) is 8.78 Å². The molecule has 1 aliphatic rings. The molecule has 1 atom stereocenters. The number of aromatic nitrogens is 1. The quantitative estimate of drug-likeness (QED) is 0.370. The van der Waals surface area contributed by atoms with Crippen molar-refractivity contribution in [2.24, 2.45) is 10.9 Å². The van der Waals surface area contributed by atoms with Gasteiger partial charge in [-0.15, -0.1) is 35.3 Å².